The summed E-state index contributed by atoms with van der Waals surface area (Å²) in [5.74, 6) is -0.119. The van der Waals surface area contributed by atoms with E-state index in [0.29, 0.717) is 26.1 Å². The molecule has 0 radical (unpaired) electrons. The third kappa shape index (κ3) is 4.52. The number of carbonyl (C=O) groups is 1. The van der Waals surface area contributed by atoms with E-state index in [1.165, 1.54) is 5.56 Å². The number of hydrogen-bond acceptors (Lipinski definition) is 4. The summed E-state index contributed by atoms with van der Waals surface area (Å²) in [7, 11) is 4.12. The van der Waals surface area contributed by atoms with Crippen LogP contribution in [-0.2, 0) is 16.0 Å². The number of rotatable bonds is 5. The molecule has 2 rings (SSSR count). The summed E-state index contributed by atoms with van der Waals surface area (Å²) in [6.07, 6.45) is 2.14. The number of nitrogens with zero attached hydrogens (tertiary/aromatic N) is 1. The van der Waals surface area contributed by atoms with Crippen molar-refractivity contribution < 1.29 is 9.53 Å². The van der Waals surface area contributed by atoms with Gasteiger partial charge in [-0.2, -0.15) is 0 Å². The van der Waals surface area contributed by atoms with Crippen molar-refractivity contribution in [1.29, 1.82) is 0 Å². The first kappa shape index (κ1) is 15.9. The molecule has 0 aliphatic carbocycles. The normalized spacial score (nSPS) is 17.7. The molecule has 1 aliphatic rings. The van der Waals surface area contributed by atoms with Crippen LogP contribution in [0.3, 0.4) is 0 Å². The molecule has 1 aromatic carbocycles. The number of nitrogens with one attached hydrogen (secondary N) is 1. The van der Waals surface area contributed by atoms with Crippen molar-refractivity contribution in [3.05, 3.63) is 29.8 Å². The topological polar surface area (TPSA) is 67.6 Å². The maximum absolute atomic E-state index is 12.3. The number of anilines is 1. The summed E-state index contributed by atoms with van der Waals surface area (Å²) in [6.45, 7) is 2.11. The zero-order chi connectivity index (χ0) is 15.3. The molecule has 0 bridgehead atoms. The lowest BCUT2D eigenvalue weighted by Gasteiger charge is -2.31. The molecule has 0 atom stereocenters. The van der Waals surface area contributed by atoms with E-state index in [-0.39, 0.29) is 5.91 Å². The molecular weight excluding hydrogens is 266 g/mol. The van der Waals surface area contributed by atoms with E-state index in [2.05, 4.69) is 24.3 Å². The van der Waals surface area contributed by atoms with E-state index in [1.807, 2.05) is 24.3 Å². The van der Waals surface area contributed by atoms with Gasteiger partial charge >= 0.3 is 0 Å². The minimum Gasteiger partial charge on any atom is -0.381 e. The summed E-state index contributed by atoms with van der Waals surface area (Å²) in [5.41, 5.74) is 7.42. The Morgan fingerprint density at radius 1 is 1.29 bits per heavy atom. The average Bonchev–Trinajstić information content (AvgIpc) is 2.47. The Hall–Kier alpha value is -1.43. The molecule has 0 unspecified atom stereocenters. The third-order valence-electron chi connectivity index (χ3n) is 3.90. The third-order valence-corrected chi connectivity index (χ3v) is 3.90. The molecule has 1 aromatic rings. The van der Waals surface area contributed by atoms with Gasteiger partial charge in [0.1, 0.15) is 5.54 Å². The number of nitrogens with two attached hydrogens (primary N) is 1. The van der Waals surface area contributed by atoms with Crippen molar-refractivity contribution in [2.75, 3.05) is 39.2 Å². The molecule has 3 N–H and O–H groups in total. The molecule has 21 heavy (non-hydrogen) atoms. The van der Waals surface area contributed by atoms with Gasteiger partial charge in [0.05, 0.1) is 0 Å². The SMILES string of the molecule is CN(C)CCc1ccc(NC(=O)C2(N)CCOCC2)cc1. The van der Waals surface area contributed by atoms with Gasteiger partial charge in [0.15, 0.2) is 0 Å². The minimum absolute atomic E-state index is 0.119. The van der Waals surface area contributed by atoms with Crippen LogP contribution >= 0.6 is 0 Å². The zero-order valence-corrected chi connectivity index (χ0v) is 12.9. The molecule has 1 aliphatic heterocycles. The predicted molar refractivity (Wildman–Crippen MR) is 84.3 cm³/mol. The minimum atomic E-state index is -0.804. The van der Waals surface area contributed by atoms with Gasteiger partial charge in [0, 0.05) is 25.4 Å². The number of hydrogen-bond donors (Lipinski definition) is 2. The average molecular weight is 291 g/mol. The largest absolute Gasteiger partial charge is 0.381 e. The van der Waals surface area contributed by atoms with E-state index in [0.717, 1.165) is 18.7 Å². The fraction of sp³-hybridized carbons (Fsp3) is 0.562. The molecule has 1 heterocycles. The molecule has 5 nitrogen and oxygen atoms in total. The lowest BCUT2D eigenvalue weighted by Crippen LogP contribution is -2.54. The van der Waals surface area contributed by atoms with Gasteiger partial charge in [0.25, 0.3) is 0 Å². The van der Waals surface area contributed by atoms with Crippen LogP contribution in [0.15, 0.2) is 24.3 Å². The van der Waals surface area contributed by atoms with Crippen LogP contribution < -0.4 is 11.1 Å². The molecule has 1 fully saturated rings. The van der Waals surface area contributed by atoms with Crippen molar-refractivity contribution in [3.63, 3.8) is 0 Å². The highest BCUT2D eigenvalue weighted by molar-refractivity contribution is 5.98. The lowest BCUT2D eigenvalue weighted by atomic mass is 9.90. The number of ether oxygens (including phenoxy) is 1. The number of amides is 1. The first-order valence-electron chi connectivity index (χ1n) is 7.41. The molecule has 116 valence electrons. The molecule has 0 saturated carbocycles. The Balaban J connectivity index is 1.92. The first-order valence-corrected chi connectivity index (χ1v) is 7.41. The molecule has 5 heteroatoms. The van der Waals surface area contributed by atoms with Crippen LogP contribution in [0.1, 0.15) is 18.4 Å². The lowest BCUT2D eigenvalue weighted by molar-refractivity contribution is -0.124. The Bertz CT molecular complexity index is 465. The highest BCUT2D eigenvalue weighted by atomic mass is 16.5. The maximum atomic E-state index is 12.3. The van der Waals surface area contributed by atoms with Crippen LogP contribution in [0, 0.1) is 0 Å². The monoisotopic (exact) mass is 291 g/mol. The maximum Gasteiger partial charge on any atom is 0.244 e. The van der Waals surface area contributed by atoms with E-state index >= 15 is 0 Å². The van der Waals surface area contributed by atoms with Crippen molar-refractivity contribution in [3.8, 4) is 0 Å². The van der Waals surface area contributed by atoms with Crippen molar-refractivity contribution >= 4 is 11.6 Å². The number of carbonyl (C=O) groups excluding carboxylic acids is 1. The van der Waals surface area contributed by atoms with Gasteiger partial charge in [0.2, 0.25) is 5.91 Å². The van der Waals surface area contributed by atoms with E-state index in [9.17, 15) is 4.79 Å². The summed E-state index contributed by atoms with van der Waals surface area (Å²) in [5, 5.41) is 2.91. The van der Waals surface area contributed by atoms with Gasteiger partial charge in [-0.3, -0.25) is 4.79 Å². The van der Waals surface area contributed by atoms with Crippen LogP contribution in [0.5, 0.6) is 0 Å². The predicted octanol–water partition coefficient (Wildman–Crippen LogP) is 1.24. The molecular formula is C16H25N3O2. The Morgan fingerprint density at radius 3 is 2.48 bits per heavy atom. The summed E-state index contributed by atoms with van der Waals surface area (Å²) in [4.78, 5) is 14.4. The first-order chi connectivity index (χ1) is 9.99. The standard InChI is InChI=1S/C16H25N3O2/c1-19(2)10-7-13-3-5-14(6-4-13)18-15(20)16(17)8-11-21-12-9-16/h3-6H,7-12,17H2,1-2H3,(H,18,20). The Morgan fingerprint density at radius 2 is 1.90 bits per heavy atom. The van der Waals surface area contributed by atoms with E-state index in [4.69, 9.17) is 10.5 Å². The summed E-state index contributed by atoms with van der Waals surface area (Å²) < 4.78 is 5.26. The molecule has 0 spiro atoms. The Labute approximate surface area is 126 Å². The van der Waals surface area contributed by atoms with Crippen molar-refractivity contribution in [1.82, 2.24) is 4.90 Å². The molecule has 0 aromatic heterocycles. The second-order valence-electron chi connectivity index (χ2n) is 5.97. The zero-order valence-electron chi connectivity index (χ0n) is 12.9. The highest BCUT2D eigenvalue weighted by Crippen LogP contribution is 2.20. The second-order valence-corrected chi connectivity index (χ2v) is 5.97. The number of benzene rings is 1. The molecule has 1 saturated heterocycles. The van der Waals surface area contributed by atoms with Gasteiger partial charge in [-0.15, -0.1) is 0 Å². The van der Waals surface area contributed by atoms with Crippen molar-refractivity contribution in [2.45, 2.75) is 24.8 Å². The van der Waals surface area contributed by atoms with Gasteiger partial charge < -0.3 is 20.7 Å². The smallest absolute Gasteiger partial charge is 0.244 e. The van der Waals surface area contributed by atoms with Crippen molar-refractivity contribution in [2.24, 2.45) is 5.73 Å². The fourth-order valence-corrected chi connectivity index (χ4v) is 2.33. The highest BCUT2D eigenvalue weighted by Gasteiger charge is 2.35. The quantitative estimate of drug-likeness (QED) is 0.856. The fourth-order valence-electron chi connectivity index (χ4n) is 2.33. The second kappa shape index (κ2) is 7.02. The van der Waals surface area contributed by atoms with Gasteiger partial charge in [-0.25, -0.2) is 0 Å². The van der Waals surface area contributed by atoms with Gasteiger partial charge in [-0.05, 0) is 51.1 Å². The molecule has 1 amide bonds. The number of likely N-dealkylation sites (N-methyl/N-ethyl adjacent to an activating group) is 1. The van der Waals surface area contributed by atoms with E-state index < -0.39 is 5.54 Å². The van der Waals surface area contributed by atoms with Crippen LogP contribution in [0.4, 0.5) is 5.69 Å². The van der Waals surface area contributed by atoms with E-state index in [1.54, 1.807) is 0 Å². The Kier molecular flexibility index (Phi) is 5.33. The summed E-state index contributed by atoms with van der Waals surface area (Å²) >= 11 is 0. The van der Waals surface area contributed by atoms with Crippen LogP contribution in [0.2, 0.25) is 0 Å². The summed E-state index contributed by atoms with van der Waals surface area (Å²) in [6, 6.07) is 7.97. The van der Waals surface area contributed by atoms with Crippen LogP contribution in [-0.4, -0.2) is 50.2 Å². The van der Waals surface area contributed by atoms with Crippen LogP contribution in [0.25, 0.3) is 0 Å². The van der Waals surface area contributed by atoms with Gasteiger partial charge in [-0.1, -0.05) is 12.1 Å².